The number of unbranched alkanes of at least 4 members (excludes halogenated alkanes) is 2. The average molecular weight is 491 g/mol. The Morgan fingerprint density at radius 3 is 2.37 bits per heavy atom. The van der Waals surface area contributed by atoms with Crippen LogP contribution in [0.3, 0.4) is 0 Å². The predicted molar refractivity (Wildman–Crippen MR) is 139 cm³/mol. The fourth-order valence-corrected chi connectivity index (χ4v) is 5.18. The number of fused-ring (bicyclic) bond motifs is 1. The fourth-order valence-electron chi connectivity index (χ4n) is 5.18. The van der Waals surface area contributed by atoms with Gasteiger partial charge in [0.05, 0.1) is 5.92 Å². The summed E-state index contributed by atoms with van der Waals surface area (Å²) in [5.41, 5.74) is 1.03. The lowest BCUT2D eigenvalue weighted by Crippen LogP contribution is -2.35. The number of hydrogen-bond donors (Lipinski definition) is 1. The van der Waals surface area contributed by atoms with E-state index in [2.05, 4.69) is 32.6 Å². The molecular weight excluding hydrogens is 444 g/mol. The number of benzene rings is 1. The number of carboxylic acid groups (broad SMARTS) is 1. The third-order valence-corrected chi connectivity index (χ3v) is 7.18. The van der Waals surface area contributed by atoms with Crippen molar-refractivity contribution in [2.45, 2.75) is 84.6 Å². The SMILES string of the molecule is CCCC(C)CC1C(C(=O)O)C(c2ccc3c(c2)OCO3)CN1C.CCCCN(C=O)CCCC. The standard InChI is InChI=1S/C19H27NO4.C9H19NO/c1-4-5-12(2)8-15-18(19(21)22)14(10-20(15)3)13-6-7-16-17(9-13)24-11-23-16;1-3-5-7-10(9-11)8-6-4-2/h6-7,9,12,14-15,18H,4-5,8,10-11H2,1-3H3,(H,21,22);9H,3-8H2,1-2H3. The Balaban J connectivity index is 0.000000334. The molecule has 0 bridgehead atoms. The number of hydrogen-bond acceptors (Lipinski definition) is 5. The number of likely N-dealkylation sites (tertiary alicyclic amines) is 1. The summed E-state index contributed by atoms with van der Waals surface area (Å²) in [6, 6.07) is 5.91. The quantitative estimate of drug-likeness (QED) is 0.374. The number of amides is 1. The molecule has 1 saturated heterocycles. The van der Waals surface area contributed by atoms with Crippen molar-refractivity contribution in [3.8, 4) is 11.5 Å². The summed E-state index contributed by atoms with van der Waals surface area (Å²) in [5.74, 6) is 0.915. The lowest BCUT2D eigenvalue weighted by atomic mass is 9.82. The molecule has 0 aliphatic carbocycles. The van der Waals surface area contributed by atoms with E-state index in [1.54, 1.807) is 0 Å². The molecule has 35 heavy (non-hydrogen) atoms. The zero-order chi connectivity index (χ0) is 25.8. The zero-order valence-corrected chi connectivity index (χ0v) is 22.4. The first-order valence-corrected chi connectivity index (χ1v) is 13.4. The summed E-state index contributed by atoms with van der Waals surface area (Å²) in [7, 11) is 2.05. The van der Waals surface area contributed by atoms with Crippen LogP contribution in [0.5, 0.6) is 11.5 Å². The first-order valence-electron chi connectivity index (χ1n) is 13.4. The maximum absolute atomic E-state index is 12.0. The molecule has 1 fully saturated rings. The fraction of sp³-hybridized carbons (Fsp3) is 0.714. The van der Waals surface area contributed by atoms with Crippen molar-refractivity contribution < 1.29 is 24.2 Å². The number of ether oxygens (including phenoxy) is 2. The second-order valence-electron chi connectivity index (χ2n) is 10.1. The molecule has 7 nitrogen and oxygen atoms in total. The number of carbonyl (C=O) groups excluding carboxylic acids is 1. The predicted octanol–water partition coefficient (Wildman–Crippen LogP) is 5.39. The van der Waals surface area contributed by atoms with Crippen LogP contribution in [0.1, 0.15) is 84.1 Å². The van der Waals surface area contributed by atoms with E-state index in [9.17, 15) is 14.7 Å². The second kappa shape index (κ2) is 15.0. The van der Waals surface area contributed by atoms with Gasteiger partial charge in [-0.1, -0.05) is 59.4 Å². The number of carbonyl (C=O) groups is 2. The van der Waals surface area contributed by atoms with E-state index in [1.807, 2.05) is 30.1 Å². The van der Waals surface area contributed by atoms with E-state index in [0.717, 1.165) is 88.1 Å². The molecule has 3 rings (SSSR count). The highest BCUT2D eigenvalue weighted by molar-refractivity contribution is 5.73. The van der Waals surface area contributed by atoms with Crippen LogP contribution in [-0.4, -0.2) is 66.8 Å². The molecule has 0 aromatic heterocycles. The van der Waals surface area contributed by atoms with E-state index in [-0.39, 0.29) is 24.7 Å². The molecule has 198 valence electrons. The number of likely N-dealkylation sites (N-methyl/N-ethyl adjacent to an activating group) is 1. The van der Waals surface area contributed by atoms with Gasteiger partial charge in [0.1, 0.15) is 0 Å². The van der Waals surface area contributed by atoms with Crippen molar-refractivity contribution in [1.29, 1.82) is 0 Å². The Morgan fingerprint density at radius 2 is 1.80 bits per heavy atom. The molecule has 2 aliphatic rings. The van der Waals surface area contributed by atoms with Crippen LogP contribution >= 0.6 is 0 Å². The average Bonchev–Trinajstić information content (AvgIpc) is 3.43. The summed E-state index contributed by atoms with van der Waals surface area (Å²) >= 11 is 0. The molecule has 0 saturated carbocycles. The first-order chi connectivity index (χ1) is 16.9. The molecule has 1 aromatic carbocycles. The Morgan fingerprint density at radius 1 is 1.14 bits per heavy atom. The van der Waals surface area contributed by atoms with Gasteiger partial charge >= 0.3 is 5.97 Å². The van der Waals surface area contributed by atoms with Gasteiger partial charge in [-0.2, -0.15) is 0 Å². The minimum atomic E-state index is -0.698. The molecule has 0 radical (unpaired) electrons. The van der Waals surface area contributed by atoms with E-state index in [0.29, 0.717) is 5.92 Å². The van der Waals surface area contributed by atoms with Gasteiger partial charge in [0, 0.05) is 31.6 Å². The van der Waals surface area contributed by atoms with E-state index < -0.39 is 5.97 Å². The van der Waals surface area contributed by atoms with Crippen LogP contribution in [0.4, 0.5) is 0 Å². The maximum atomic E-state index is 12.0. The summed E-state index contributed by atoms with van der Waals surface area (Å²) in [6.45, 7) is 11.6. The van der Waals surface area contributed by atoms with Crippen LogP contribution in [0.25, 0.3) is 0 Å². The molecular formula is C28H46N2O5. The largest absolute Gasteiger partial charge is 0.481 e. The molecule has 7 heteroatoms. The normalized spacial score (nSPS) is 21.8. The van der Waals surface area contributed by atoms with Gasteiger partial charge in [-0.3, -0.25) is 9.59 Å². The van der Waals surface area contributed by atoms with Crippen molar-refractivity contribution in [3.63, 3.8) is 0 Å². The van der Waals surface area contributed by atoms with Crippen molar-refractivity contribution in [1.82, 2.24) is 9.80 Å². The first kappa shape index (κ1) is 29.0. The van der Waals surface area contributed by atoms with Gasteiger partial charge in [-0.15, -0.1) is 0 Å². The maximum Gasteiger partial charge on any atom is 0.308 e. The molecule has 2 aliphatic heterocycles. The van der Waals surface area contributed by atoms with Gasteiger partial charge < -0.3 is 24.4 Å². The molecule has 1 N–H and O–H groups in total. The summed E-state index contributed by atoms with van der Waals surface area (Å²) < 4.78 is 10.8. The zero-order valence-electron chi connectivity index (χ0n) is 22.4. The lowest BCUT2D eigenvalue weighted by molar-refractivity contribution is -0.143. The van der Waals surface area contributed by atoms with Crippen molar-refractivity contribution >= 4 is 12.4 Å². The minimum Gasteiger partial charge on any atom is -0.481 e. The summed E-state index contributed by atoms with van der Waals surface area (Å²) in [4.78, 5) is 26.6. The topological polar surface area (TPSA) is 79.3 Å². The third-order valence-electron chi connectivity index (χ3n) is 7.18. The Hall–Kier alpha value is -2.28. The van der Waals surface area contributed by atoms with Crippen molar-refractivity contribution in [2.75, 3.05) is 33.5 Å². The van der Waals surface area contributed by atoms with Gasteiger partial charge in [0.25, 0.3) is 0 Å². The summed E-state index contributed by atoms with van der Waals surface area (Å²) in [6.07, 6.45) is 8.76. The highest BCUT2D eigenvalue weighted by Gasteiger charge is 2.45. The highest BCUT2D eigenvalue weighted by atomic mass is 16.7. The van der Waals surface area contributed by atoms with Gasteiger partial charge in [0.15, 0.2) is 11.5 Å². The number of carboxylic acids is 1. The number of aliphatic carboxylic acids is 1. The van der Waals surface area contributed by atoms with E-state index >= 15 is 0 Å². The van der Waals surface area contributed by atoms with Crippen LogP contribution in [0.2, 0.25) is 0 Å². The number of nitrogens with zero attached hydrogens (tertiary/aromatic N) is 2. The van der Waals surface area contributed by atoms with Crippen LogP contribution in [0.15, 0.2) is 18.2 Å². The Bertz CT molecular complexity index is 779. The van der Waals surface area contributed by atoms with E-state index in [4.69, 9.17) is 9.47 Å². The van der Waals surface area contributed by atoms with E-state index in [1.165, 1.54) is 0 Å². The van der Waals surface area contributed by atoms with Crippen LogP contribution in [0, 0.1) is 11.8 Å². The highest BCUT2D eigenvalue weighted by Crippen LogP contribution is 2.43. The van der Waals surface area contributed by atoms with Gasteiger partial charge in [-0.05, 0) is 49.9 Å². The number of rotatable bonds is 13. The molecule has 4 atom stereocenters. The summed E-state index contributed by atoms with van der Waals surface area (Å²) in [5, 5.41) is 9.89. The smallest absolute Gasteiger partial charge is 0.308 e. The molecule has 2 heterocycles. The van der Waals surface area contributed by atoms with Crippen molar-refractivity contribution in [2.24, 2.45) is 11.8 Å². The van der Waals surface area contributed by atoms with Crippen LogP contribution < -0.4 is 9.47 Å². The Kier molecular flexibility index (Phi) is 12.4. The second-order valence-corrected chi connectivity index (χ2v) is 10.1. The van der Waals surface area contributed by atoms with Crippen LogP contribution in [-0.2, 0) is 9.59 Å². The van der Waals surface area contributed by atoms with Gasteiger partial charge in [0.2, 0.25) is 13.2 Å². The molecule has 1 aromatic rings. The molecule has 1 amide bonds. The third kappa shape index (κ3) is 8.41. The Labute approximate surface area is 211 Å². The molecule has 4 unspecified atom stereocenters. The monoisotopic (exact) mass is 490 g/mol. The van der Waals surface area contributed by atoms with Gasteiger partial charge in [-0.25, -0.2) is 0 Å². The van der Waals surface area contributed by atoms with Crippen molar-refractivity contribution in [3.05, 3.63) is 23.8 Å². The minimum absolute atomic E-state index is 0.0131. The molecule has 0 spiro atoms. The lowest BCUT2D eigenvalue weighted by Gasteiger charge is -2.26.